The molecular formula is C11H10F3NO2. The molecule has 0 fully saturated rings. The molecule has 0 aliphatic heterocycles. The minimum absolute atomic E-state index is 0.0150. The summed E-state index contributed by atoms with van der Waals surface area (Å²) < 4.78 is 37.3. The van der Waals surface area contributed by atoms with Crippen LogP contribution in [0.15, 0.2) is 30.5 Å². The minimum Gasteiger partial charge on any atom is -0.503 e. The fraction of sp³-hybridized carbons (Fsp3) is 0.182. The molecule has 2 N–H and O–H groups in total. The fourth-order valence-electron chi connectivity index (χ4n) is 1.26. The zero-order chi connectivity index (χ0) is 13.2. The van der Waals surface area contributed by atoms with E-state index in [1.54, 1.807) is 0 Å². The Morgan fingerprint density at radius 3 is 2.41 bits per heavy atom. The van der Waals surface area contributed by atoms with Crippen LogP contribution in [-0.4, -0.2) is 11.0 Å². The molecule has 1 aromatic carbocycles. The van der Waals surface area contributed by atoms with Crippen LogP contribution in [0.25, 0.3) is 0 Å². The average molecular weight is 245 g/mol. The lowest BCUT2D eigenvalue weighted by molar-refractivity contribution is -0.138. The summed E-state index contributed by atoms with van der Waals surface area (Å²) in [7, 11) is 0. The van der Waals surface area contributed by atoms with Crippen molar-refractivity contribution < 1.29 is 23.1 Å². The molecule has 17 heavy (non-hydrogen) atoms. The SMILES string of the molecule is C=C(O)C(=O)Nc1ccc(C(F)(F)F)c(C)c1. The maximum Gasteiger partial charge on any atom is 0.416 e. The number of rotatable bonds is 2. The molecule has 0 aliphatic rings. The lowest BCUT2D eigenvalue weighted by Crippen LogP contribution is -2.14. The summed E-state index contributed by atoms with van der Waals surface area (Å²) in [4.78, 5) is 11.0. The molecule has 0 bridgehead atoms. The topological polar surface area (TPSA) is 49.3 Å². The van der Waals surface area contributed by atoms with E-state index in [-0.39, 0.29) is 11.3 Å². The van der Waals surface area contributed by atoms with Gasteiger partial charge in [-0.1, -0.05) is 6.58 Å². The molecule has 0 heterocycles. The van der Waals surface area contributed by atoms with Crippen molar-refractivity contribution >= 4 is 11.6 Å². The molecule has 3 nitrogen and oxygen atoms in total. The van der Waals surface area contributed by atoms with Gasteiger partial charge in [-0.2, -0.15) is 13.2 Å². The number of anilines is 1. The van der Waals surface area contributed by atoms with Crippen molar-refractivity contribution in [2.45, 2.75) is 13.1 Å². The van der Waals surface area contributed by atoms with Gasteiger partial charge in [-0.3, -0.25) is 4.79 Å². The molecule has 1 amide bonds. The molecule has 0 spiro atoms. The number of aliphatic hydroxyl groups is 1. The number of hydrogen-bond donors (Lipinski definition) is 2. The molecule has 1 aromatic rings. The van der Waals surface area contributed by atoms with Crippen LogP contribution in [0.4, 0.5) is 18.9 Å². The summed E-state index contributed by atoms with van der Waals surface area (Å²) >= 11 is 0. The minimum atomic E-state index is -4.42. The Bertz CT molecular complexity index is 466. The van der Waals surface area contributed by atoms with Gasteiger partial charge in [0.1, 0.15) is 0 Å². The maximum absolute atomic E-state index is 12.4. The zero-order valence-corrected chi connectivity index (χ0v) is 8.93. The molecule has 0 saturated carbocycles. The third-order valence-electron chi connectivity index (χ3n) is 2.05. The predicted molar refractivity (Wildman–Crippen MR) is 56.6 cm³/mol. The number of carbonyl (C=O) groups is 1. The Morgan fingerprint density at radius 1 is 1.41 bits per heavy atom. The van der Waals surface area contributed by atoms with Gasteiger partial charge < -0.3 is 10.4 Å². The van der Waals surface area contributed by atoms with Crippen molar-refractivity contribution in [2.24, 2.45) is 0 Å². The van der Waals surface area contributed by atoms with E-state index in [0.29, 0.717) is 0 Å². The van der Waals surface area contributed by atoms with Gasteiger partial charge in [-0.05, 0) is 30.7 Å². The smallest absolute Gasteiger partial charge is 0.416 e. The Kier molecular flexibility index (Phi) is 3.45. The molecule has 0 atom stereocenters. The van der Waals surface area contributed by atoms with Crippen molar-refractivity contribution in [3.05, 3.63) is 41.7 Å². The van der Waals surface area contributed by atoms with Gasteiger partial charge in [0, 0.05) is 5.69 Å². The molecular weight excluding hydrogens is 235 g/mol. The quantitative estimate of drug-likeness (QED) is 0.621. The average Bonchev–Trinajstić information content (AvgIpc) is 2.15. The molecule has 6 heteroatoms. The molecule has 0 aromatic heterocycles. The van der Waals surface area contributed by atoms with Gasteiger partial charge in [0.15, 0.2) is 5.76 Å². The first-order chi connectivity index (χ1) is 7.71. The largest absolute Gasteiger partial charge is 0.503 e. The molecule has 1 rings (SSSR count). The first kappa shape index (κ1) is 13.1. The van der Waals surface area contributed by atoms with Crippen LogP contribution < -0.4 is 5.32 Å². The molecule has 0 unspecified atom stereocenters. The number of aliphatic hydroxyl groups excluding tert-OH is 1. The Hall–Kier alpha value is -1.98. The number of hydrogen-bond acceptors (Lipinski definition) is 2. The number of benzene rings is 1. The van der Waals surface area contributed by atoms with Gasteiger partial charge in [-0.25, -0.2) is 0 Å². The van der Waals surface area contributed by atoms with Crippen LogP contribution in [0.2, 0.25) is 0 Å². The van der Waals surface area contributed by atoms with Crippen LogP contribution in [0.5, 0.6) is 0 Å². The van der Waals surface area contributed by atoms with Gasteiger partial charge in [0.2, 0.25) is 0 Å². The van der Waals surface area contributed by atoms with Gasteiger partial charge >= 0.3 is 6.18 Å². The van der Waals surface area contributed by atoms with E-state index in [1.807, 2.05) is 0 Å². The maximum atomic E-state index is 12.4. The van der Waals surface area contributed by atoms with Crippen molar-refractivity contribution in [1.82, 2.24) is 0 Å². The Balaban J connectivity index is 2.98. The summed E-state index contributed by atoms with van der Waals surface area (Å²) in [5, 5.41) is 11.0. The summed E-state index contributed by atoms with van der Waals surface area (Å²) in [6.45, 7) is 4.28. The van der Waals surface area contributed by atoms with Crippen molar-refractivity contribution in [3.8, 4) is 0 Å². The normalized spacial score (nSPS) is 11.1. The molecule has 0 aliphatic carbocycles. The number of alkyl halides is 3. The van der Waals surface area contributed by atoms with E-state index in [4.69, 9.17) is 5.11 Å². The zero-order valence-electron chi connectivity index (χ0n) is 8.93. The first-order valence-electron chi connectivity index (χ1n) is 4.59. The predicted octanol–water partition coefficient (Wildman–Crippen LogP) is 3.02. The standard InChI is InChI=1S/C11H10F3NO2/c1-6-5-8(15-10(17)7(2)16)3-4-9(6)11(12,13)14/h3-5,16H,2H2,1H3,(H,15,17). The van der Waals surface area contributed by atoms with Crippen molar-refractivity contribution in [3.63, 3.8) is 0 Å². The fourth-order valence-corrected chi connectivity index (χ4v) is 1.26. The lowest BCUT2D eigenvalue weighted by Gasteiger charge is -2.12. The van der Waals surface area contributed by atoms with E-state index < -0.39 is 23.4 Å². The van der Waals surface area contributed by atoms with Crippen LogP contribution in [0.3, 0.4) is 0 Å². The second kappa shape index (κ2) is 4.48. The van der Waals surface area contributed by atoms with Gasteiger partial charge in [0.25, 0.3) is 5.91 Å². The van der Waals surface area contributed by atoms with Crippen LogP contribution >= 0.6 is 0 Å². The second-order valence-corrected chi connectivity index (χ2v) is 3.43. The van der Waals surface area contributed by atoms with Crippen molar-refractivity contribution in [1.29, 1.82) is 0 Å². The first-order valence-corrected chi connectivity index (χ1v) is 4.59. The van der Waals surface area contributed by atoms with Gasteiger partial charge in [-0.15, -0.1) is 0 Å². The Morgan fingerprint density at radius 2 is 2.00 bits per heavy atom. The Labute approximate surface area is 95.6 Å². The summed E-state index contributed by atoms with van der Waals surface area (Å²) in [6.07, 6.45) is -4.42. The third-order valence-corrected chi connectivity index (χ3v) is 2.05. The van der Waals surface area contributed by atoms with Crippen LogP contribution in [-0.2, 0) is 11.0 Å². The van der Waals surface area contributed by atoms with E-state index >= 15 is 0 Å². The highest BCUT2D eigenvalue weighted by molar-refractivity contribution is 6.01. The van der Waals surface area contributed by atoms with Crippen molar-refractivity contribution in [2.75, 3.05) is 5.32 Å². The number of amides is 1. The lowest BCUT2D eigenvalue weighted by atomic mass is 10.1. The number of nitrogens with one attached hydrogen (secondary N) is 1. The monoisotopic (exact) mass is 245 g/mol. The van der Waals surface area contributed by atoms with Gasteiger partial charge in [0.05, 0.1) is 5.56 Å². The molecule has 0 radical (unpaired) electrons. The highest BCUT2D eigenvalue weighted by Gasteiger charge is 2.32. The van der Waals surface area contributed by atoms with E-state index in [0.717, 1.165) is 12.1 Å². The molecule has 0 saturated heterocycles. The highest BCUT2D eigenvalue weighted by atomic mass is 19.4. The summed E-state index contributed by atoms with van der Waals surface area (Å²) in [6, 6.07) is 3.14. The summed E-state index contributed by atoms with van der Waals surface area (Å²) in [5.41, 5.74) is -0.618. The van der Waals surface area contributed by atoms with E-state index in [2.05, 4.69) is 11.9 Å². The third kappa shape index (κ3) is 3.24. The number of halogens is 3. The number of carbonyl (C=O) groups excluding carboxylic acids is 1. The highest BCUT2D eigenvalue weighted by Crippen LogP contribution is 2.32. The molecule has 92 valence electrons. The van der Waals surface area contributed by atoms with E-state index in [9.17, 15) is 18.0 Å². The second-order valence-electron chi connectivity index (χ2n) is 3.43. The van der Waals surface area contributed by atoms with E-state index in [1.165, 1.54) is 13.0 Å². The number of aryl methyl sites for hydroxylation is 1. The van der Waals surface area contributed by atoms with Crippen LogP contribution in [0.1, 0.15) is 11.1 Å². The van der Waals surface area contributed by atoms with Crippen LogP contribution in [0, 0.1) is 6.92 Å². The summed E-state index contributed by atoms with van der Waals surface area (Å²) in [5.74, 6) is -1.56.